The first-order valence-electron chi connectivity index (χ1n) is 5.42. The number of hydrogen-bond donors (Lipinski definition) is 3. The minimum absolute atomic E-state index is 0.209. The average Bonchev–Trinajstić information content (AvgIpc) is 2.27. The van der Waals surface area contributed by atoms with Crippen molar-refractivity contribution in [2.45, 2.75) is 25.8 Å². The highest BCUT2D eigenvalue weighted by atomic mass is 16.2. The smallest absolute Gasteiger partial charge is 0.239 e. The van der Waals surface area contributed by atoms with Gasteiger partial charge >= 0.3 is 0 Å². The van der Waals surface area contributed by atoms with Gasteiger partial charge in [0.05, 0.1) is 0 Å². The Morgan fingerprint density at radius 2 is 2.00 bits per heavy atom. The van der Waals surface area contributed by atoms with Crippen LogP contribution in [0.2, 0.25) is 0 Å². The van der Waals surface area contributed by atoms with Crippen molar-refractivity contribution >= 4 is 17.5 Å². The van der Waals surface area contributed by atoms with Crippen molar-refractivity contribution in [1.29, 1.82) is 0 Å². The quantitative estimate of drug-likeness (QED) is 0.635. The Morgan fingerprint density at radius 3 is 2.59 bits per heavy atom. The molecular formula is C12H17N3O2. The summed E-state index contributed by atoms with van der Waals surface area (Å²) in [7, 11) is 0. The molecule has 0 unspecified atom stereocenters. The fraction of sp³-hybridized carbons (Fsp3) is 0.333. The molecule has 0 radical (unpaired) electrons. The van der Waals surface area contributed by atoms with E-state index < -0.39 is 11.9 Å². The second-order valence-electron chi connectivity index (χ2n) is 3.89. The summed E-state index contributed by atoms with van der Waals surface area (Å²) in [6, 6.07) is 6.74. The third-order valence-electron chi connectivity index (χ3n) is 2.48. The van der Waals surface area contributed by atoms with Gasteiger partial charge in [0, 0.05) is 12.1 Å². The molecule has 17 heavy (non-hydrogen) atoms. The van der Waals surface area contributed by atoms with E-state index in [0.29, 0.717) is 12.1 Å². The minimum atomic E-state index is -0.643. The van der Waals surface area contributed by atoms with E-state index in [0.717, 1.165) is 5.56 Å². The fourth-order valence-electron chi connectivity index (χ4n) is 1.39. The highest BCUT2D eigenvalue weighted by molar-refractivity contribution is 5.86. The van der Waals surface area contributed by atoms with Crippen LogP contribution < -0.4 is 16.8 Å². The molecule has 0 bridgehead atoms. The van der Waals surface area contributed by atoms with Crippen LogP contribution in [0.3, 0.4) is 0 Å². The lowest BCUT2D eigenvalue weighted by atomic mass is 10.1. The second-order valence-corrected chi connectivity index (χ2v) is 3.89. The summed E-state index contributed by atoms with van der Waals surface area (Å²) >= 11 is 0. The third kappa shape index (κ3) is 4.14. The molecular weight excluding hydrogens is 218 g/mol. The highest BCUT2D eigenvalue weighted by Crippen LogP contribution is 2.12. The maximum Gasteiger partial charge on any atom is 0.239 e. The summed E-state index contributed by atoms with van der Waals surface area (Å²) in [5.41, 5.74) is 12.4. The number of carbonyl (C=O) groups is 2. The first kappa shape index (κ1) is 13.0. The summed E-state index contributed by atoms with van der Waals surface area (Å²) in [5.74, 6) is -0.753. The van der Waals surface area contributed by atoms with Crippen LogP contribution in [0.4, 0.5) is 5.69 Å². The number of amides is 2. The number of nitrogens with two attached hydrogens (primary N) is 2. The molecule has 0 aromatic heterocycles. The van der Waals surface area contributed by atoms with Crippen LogP contribution in [0, 0.1) is 0 Å². The zero-order valence-electron chi connectivity index (χ0n) is 9.77. The number of primary amides is 1. The molecule has 5 N–H and O–H groups in total. The molecule has 0 saturated carbocycles. The van der Waals surface area contributed by atoms with Gasteiger partial charge in [0.1, 0.15) is 6.04 Å². The van der Waals surface area contributed by atoms with E-state index >= 15 is 0 Å². The molecule has 0 aliphatic rings. The first-order valence-corrected chi connectivity index (χ1v) is 5.42. The first-order chi connectivity index (χ1) is 8.00. The number of aryl methyl sites for hydroxylation is 1. The van der Waals surface area contributed by atoms with Gasteiger partial charge in [-0.3, -0.25) is 9.59 Å². The summed E-state index contributed by atoms with van der Waals surface area (Å²) in [5, 5.41) is 2.51. The lowest BCUT2D eigenvalue weighted by Crippen LogP contribution is -2.42. The predicted octanol–water partition coefficient (Wildman–Crippen LogP) is 0.191. The van der Waals surface area contributed by atoms with Crippen LogP contribution in [-0.4, -0.2) is 17.9 Å². The van der Waals surface area contributed by atoms with Gasteiger partial charge in [-0.2, -0.15) is 0 Å². The molecule has 5 nitrogen and oxygen atoms in total. The van der Waals surface area contributed by atoms with Gasteiger partial charge in [-0.1, -0.05) is 18.2 Å². The van der Waals surface area contributed by atoms with E-state index in [-0.39, 0.29) is 12.3 Å². The number of hydrogen-bond acceptors (Lipinski definition) is 3. The van der Waals surface area contributed by atoms with Crippen LogP contribution in [0.5, 0.6) is 0 Å². The summed E-state index contributed by atoms with van der Waals surface area (Å²) in [6.45, 7) is 1.55. The van der Waals surface area contributed by atoms with Crippen molar-refractivity contribution in [2.75, 3.05) is 5.73 Å². The number of para-hydroxylation sites is 1. The SMILES string of the molecule is C[C@H](NC(=O)CCc1ccccc1N)C(N)=O. The molecule has 92 valence electrons. The van der Waals surface area contributed by atoms with Crippen LogP contribution >= 0.6 is 0 Å². The van der Waals surface area contributed by atoms with Crippen LogP contribution in [-0.2, 0) is 16.0 Å². The molecule has 0 aliphatic carbocycles. The molecule has 2 amide bonds. The molecule has 1 rings (SSSR count). The fourth-order valence-corrected chi connectivity index (χ4v) is 1.39. The zero-order chi connectivity index (χ0) is 12.8. The van der Waals surface area contributed by atoms with Gasteiger partial charge in [0.15, 0.2) is 0 Å². The van der Waals surface area contributed by atoms with Crippen LogP contribution in [0.1, 0.15) is 18.9 Å². The van der Waals surface area contributed by atoms with E-state index in [9.17, 15) is 9.59 Å². The topological polar surface area (TPSA) is 98.2 Å². The standard InChI is InChI=1S/C12H17N3O2/c1-8(12(14)17)15-11(16)7-6-9-4-2-3-5-10(9)13/h2-5,8H,6-7,13H2,1H3,(H2,14,17)(H,15,16)/t8-/m0/s1. The Balaban J connectivity index is 2.44. The lowest BCUT2D eigenvalue weighted by Gasteiger charge is -2.10. The molecule has 0 heterocycles. The van der Waals surface area contributed by atoms with Crippen LogP contribution in [0.25, 0.3) is 0 Å². The van der Waals surface area contributed by atoms with Gasteiger partial charge < -0.3 is 16.8 Å². The van der Waals surface area contributed by atoms with Crippen molar-refractivity contribution in [3.8, 4) is 0 Å². The molecule has 0 fully saturated rings. The number of carbonyl (C=O) groups excluding carboxylic acids is 2. The maximum absolute atomic E-state index is 11.5. The van der Waals surface area contributed by atoms with Gasteiger partial charge in [0.25, 0.3) is 0 Å². The normalized spacial score (nSPS) is 11.8. The molecule has 0 saturated heterocycles. The van der Waals surface area contributed by atoms with Gasteiger partial charge in [-0.25, -0.2) is 0 Å². The number of rotatable bonds is 5. The van der Waals surface area contributed by atoms with E-state index in [1.165, 1.54) is 0 Å². The molecule has 1 atom stereocenters. The Kier molecular flexibility index (Phi) is 4.51. The van der Waals surface area contributed by atoms with Crippen LogP contribution in [0.15, 0.2) is 24.3 Å². The number of benzene rings is 1. The molecule has 1 aromatic carbocycles. The van der Waals surface area contributed by atoms with Gasteiger partial charge in [-0.05, 0) is 25.0 Å². The van der Waals surface area contributed by atoms with E-state index in [1.807, 2.05) is 18.2 Å². The van der Waals surface area contributed by atoms with Crippen molar-refractivity contribution in [2.24, 2.45) is 5.73 Å². The van der Waals surface area contributed by atoms with Crippen molar-refractivity contribution < 1.29 is 9.59 Å². The lowest BCUT2D eigenvalue weighted by molar-refractivity contribution is -0.126. The summed E-state index contributed by atoms with van der Waals surface area (Å²) in [6.07, 6.45) is 0.829. The Bertz CT molecular complexity index is 418. The van der Waals surface area contributed by atoms with E-state index in [2.05, 4.69) is 5.32 Å². The molecule has 0 aliphatic heterocycles. The average molecular weight is 235 g/mol. The van der Waals surface area contributed by atoms with Crippen molar-refractivity contribution in [1.82, 2.24) is 5.32 Å². The predicted molar refractivity (Wildman–Crippen MR) is 66.0 cm³/mol. The highest BCUT2D eigenvalue weighted by Gasteiger charge is 2.12. The number of nitrogen functional groups attached to an aromatic ring is 1. The van der Waals surface area contributed by atoms with E-state index in [1.54, 1.807) is 13.0 Å². The van der Waals surface area contributed by atoms with E-state index in [4.69, 9.17) is 11.5 Å². The minimum Gasteiger partial charge on any atom is -0.399 e. The van der Waals surface area contributed by atoms with Gasteiger partial charge in [-0.15, -0.1) is 0 Å². The Labute approximate surface area is 100 Å². The number of nitrogens with one attached hydrogen (secondary N) is 1. The Hall–Kier alpha value is -2.04. The third-order valence-corrected chi connectivity index (χ3v) is 2.48. The largest absolute Gasteiger partial charge is 0.399 e. The summed E-state index contributed by atoms with van der Waals surface area (Å²) in [4.78, 5) is 22.2. The Morgan fingerprint density at radius 1 is 1.35 bits per heavy atom. The maximum atomic E-state index is 11.5. The molecule has 0 spiro atoms. The second kappa shape index (κ2) is 5.89. The summed E-state index contributed by atoms with van der Waals surface area (Å²) < 4.78 is 0. The molecule has 1 aromatic rings. The van der Waals surface area contributed by atoms with Gasteiger partial charge in [0.2, 0.25) is 11.8 Å². The zero-order valence-corrected chi connectivity index (χ0v) is 9.77. The number of anilines is 1. The van der Waals surface area contributed by atoms with Crippen molar-refractivity contribution in [3.05, 3.63) is 29.8 Å². The van der Waals surface area contributed by atoms with Crippen molar-refractivity contribution in [3.63, 3.8) is 0 Å². The molecule has 5 heteroatoms. The monoisotopic (exact) mass is 235 g/mol.